The Morgan fingerprint density at radius 2 is 2.17 bits per heavy atom. The van der Waals surface area contributed by atoms with Crippen molar-refractivity contribution in [3.05, 3.63) is 12.2 Å². The van der Waals surface area contributed by atoms with Crippen molar-refractivity contribution >= 4 is 5.91 Å². The van der Waals surface area contributed by atoms with Crippen LogP contribution in [0.25, 0.3) is 0 Å². The van der Waals surface area contributed by atoms with Gasteiger partial charge < -0.3 is 9.42 Å². The molecule has 0 aliphatic heterocycles. The van der Waals surface area contributed by atoms with E-state index >= 15 is 0 Å². The number of nitrogens with zero attached hydrogens (tertiary/aromatic N) is 3. The van der Waals surface area contributed by atoms with Gasteiger partial charge >= 0.3 is 0 Å². The van der Waals surface area contributed by atoms with E-state index < -0.39 is 0 Å². The van der Waals surface area contributed by atoms with Gasteiger partial charge in [-0.1, -0.05) is 31.3 Å². The van der Waals surface area contributed by atoms with Crippen molar-refractivity contribution in [2.75, 3.05) is 13.6 Å². The molecule has 1 aromatic heterocycles. The first-order valence-electron chi connectivity index (χ1n) is 6.63. The average molecular weight is 251 g/mol. The lowest BCUT2D eigenvalue weighted by molar-refractivity contribution is -0.141. The van der Waals surface area contributed by atoms with Crippen molar-refractivity contribution in [3.8, 4) is 0 Å². The molecule has 1 heterocycles. The minimum absolute atomic E-state index is 0.162. The third kappa shape index (κ3) is 2.89. The van der Waals surface area contributed by atoms with Gasteiger partial charge in [0.05, 0.1) is 0 Å². The Bertz CT molecular complexity index is 383. The molecule has 0 saturated heterocycles. The van der Waals surface area contributed by atoms with Gasteiger partial charge in [-0.15, -0.1) is 0 Å². The van der Waals surface area contributed by atoms with Crippen molar-refractivity contribution in [1.82, 2.24) is 15.0 Å². The molecule has 1 amide bonds. The third-order valence-electron chi connectivity index (χ3n) is 3.90. The Morgan fingerprint density at radius 1 is 1.44 bits per heavy atom. The van der Waals surface area contributed by atoms with Gasteiger partial charge in [0.25, 0.3) is 0 Å². The molecular weight excluding hydrogens is 230 g/mol. The monoisotopic (exact) mass is 251 g/mol. The van der Waals surface area contributed by atoms with Crippen molar-refractivity contribution in [1.29, 1.82) is 0 Å². The Hall–Kier alpha value is -1.39. The van der Waals surface area contributed by atoms with Crippen LogP contribution in [0.4, 0.5) is 0 Å². The molecule has 5 nitrogen and oxygen atoms in total. The summed E-state index contributed by atoms with van der Waals surface area (Å²) < 4.78 is 4.68. The number of carbonyl (C=O) groups excluding carboxylic acids is 1. The maximum absolute atomic E-state index is 12.4. The minimum atomic E-state index is -0.162. The molecule has 0 spiro atoms. The van der Waals surface area contributed by atoms with Crippen LogP contribution in [-0.4, -0.2) is 34.5 Å². The van der Waals surface area contributed by atoms with E-state index in [2.05, 4.69) is 21.6 Å². The molecule has 1 fully saturated rings. The zero-order valence-corrected chi connectivity index (χ0v) is 11.2. The van der Waals surface area contributed by atoms with Gasteiger partial charge in [0.1, 0.15) is 0 Å². The van der Waals surface area contributed by atoms with Crippen LogP contribution in [-0.2, 0) is 11.2 Å². The highest BCUT2D eigenvalue weighted by Crippen LogP contribution is 2.37. The number of amides is 1. The molecular formula is C13H21N3O2. The molecule has 5 heteroatoms. The third-order valence-corrected chi connectivity index (χ3v) is 3.90. The van der Waals surface area contributed by atoms with E-state index in [4.69, 9.17) is 0 Å². The summed E-state index contributed by atoms with van der Waals surface area (Å²) in [5.41, 5.74) is -0.162. The maximum Gasteiger partial charge on any atom is 0.228 e. The molecule has 100 valence electrons. The predicted octanol–water partition coefficient (Wildman–Crippen LogP) is 2.04. The van der Waals surface area contributed by atoms with Gasteiger partial charge in [-0.25, -0.2) is 0 Å². The SMILES string of the molecule is CN(CCc1ncon1)C(=O)C1(C)CCCCC1. The number of carbonyl (C=O) groups is 1. The first kappa shape index (κ1) is 13.1. The molecule has 18 heavy (non-hydrogen) atoms. The smallest absolute Gasteiger partial charge is 0.228 e. The van der Waals surface area contributed by atoms with Gasteiger partial charge in [-0.2, -0.15) is 4.98 Å². The second kappa shape index (κ2) is 5.50. The molecule has 0 aromatic carbocycles. The standard InChI is InChI=1S/C13H21N3O2/c1-13(7-4-3-5-8-13)12(17)16(2)9-6-11-14-10-18-15-11/h10H,3-9H2,1-2H3. The number of hydrogen-bond acceptors (Lipinski definition) is 4. The fraction of sp³-hybridized carbons (Fsp3) is 0.769. The Morgan fingerprint density at radius 3 is 2.78 bits per heavy atom. The van der Waals surface area contributed by atoms with Crippen molar-refractivity contribution in [2.45, 2.75) is 45.4 Å². The van der Waals surface area contributed by atoms with E-state index in [1.807, 2.05) is 11.9 Å². The predicted molar refractivity (Wildman–Crippen MR) is 66.8 cm³/mol. The number of hydrogen-bond donors (Lipinski definition) is 0. The lowest BCUT2D eigenvalue weighted by Crippen LogP contribution is -2.42. The van der Waals surface area contributed by atoms with E-state index in [0.29, 0.717) is 18.8 Å². The highest BCUT2D eigenvalue weighted by Gasteiger charge is 2.36. The van der Waals surface area contributed by atoms with Crippen LogP contribution in [0, 0.1) is 5.41 Å². The molecule has 1 aliphatic carbocycles. The van der Waals surface area contributed by atoms with Gasteiger partial charge in [-0.05, 0) is 12.8 Å². The highest BCUT2D eigenvalue weighted by molar-refractivity contribution is 5.82. The van der Waals surface area contributed by atoms with Gasteiger partial charge in [-0.3, -0.25) is 4.79 Å². The molecule has 0 radical (unpaired) electrons. The Labute approximate surface area is 108 Å². The van der Waals surface area contributed by atoms with E-state index in [1.165, 1.54) is 25.7 Å². The quantitative estimate of drug-likeness (QED) is 0.821. The van der Waals surface area contributed by atoms with E-state index in [1.54, 1.807) is 0 Å². The molecule has 1 aromatic rings. The van der Waals surface area contributed by atoms with Crippen molar-refractivity contribution < 1.29 is 9.32 Å². The van der Waals surface area contributed by atoms with E-state index in [0.717, 1.165) is 12.8 Å². The fourth-order valence-electron chi connectivity index (χ4n) is 2.68. The first-order chi connectivity index (χ1) is 8.62. The Kier molecular flexibility index (Phi) is 3.99. The molecule has 1 saturated carbocycles. The number of rotatable bonds is 4. The highest BCUT2D eigenvalue weighted by atomic mass is 16.5. The zero-order chi connectivity index (χ0) is 13.0. The maximum atomic E-state index is 12.4. The first-order valence-corrected chi connectivity index (χ1v) is 6.63. The molecule has 0 unspecified atom stereocenters. The summed E-state index contributed by atoms with van der Waals surface area (Å²) in [4.78, 5) is 18.2. The Balaban J connectivity index is 1.87. The zero-order valence-electron chi connectivity index (χ0n) is 11.2. The summed E-state index contributed by atoms with van der Waals surface area (Å²) in [7, 11) is 1.86. The topological polar surface area (TPSA) is 59.2 Å². The normalized spacial score (nSPS) is 18.6. The lowest BCUT2D eigenvalue weighted by atomic mass is 9.75. The average Bonchev–Trinajstić information content (AvgIpc) is 2.89. The summed E-state index contributed by atoms with van der Waals surface area (Å²) in [5, 5.41) is 3.75. The molecule has 0 N–H and O–H groups in total. The van der Waals surface area contributed by atoms with Gasteiger partial charge in [0.2, 0.25) is 12.3 Å². The lowest BCUT2D eigenvalue weighted by Gasteiger charge is -2.35. The van der Waals surface area contributed by atoms with Crippen molar-refractivity contribution in [3.63, 3.8) is 0 Å². The molecule has 0 atom stereocenters. The van der Waals surface area contributed by atoms with Crippen LogP contribution in [0.15, 0.2) is 10.9 Å². The second-order valence-corrected chi connectivity index (χ2v) is 5.45. The van der Waals surface area contributed by atoms with E-state index in [-0.39, 0.29) is 11.3 Å². The molecule has 2 rings (SSSR count). The number of aromatic nitrogens is 2. The van der Waals surface area contributed by atoms with Gasteiger partial charge in [0.15, 0.2) is 5.82 Å². The minimum Gasteiger partial charge on any atom is -0.345 e. The van der Waals surface area contributed by atoms with Crippen LogP contribution in [0.3, 0.4) is 0 Å². The van der Waals surface area contributed by atoms with Crippen LogP contribution in [0.2, 0.25) is 0 Å². The summed E-state index contributed by atoms with van der Waals surface area (Å²) in [6.07, 6.45) is 7.59. The molecule has 0 bridgehead atoms. The largest absolute Gasteiger partial charge is 0.345 e. The van der Waals surface area contributed by atoms with Crippen molar-refractivity contribution in [2.24, 2.45) is 5.41 Å². The summed E-state index contributed by atoms with van der Waals surface area (Å²) >= 11 is 0. The van der Waals surface area contributed by atoms with Crippen LogP contribution >= 0.6 is 0 Å². The molecule has 1 aliphatic rings. The summed E-state index contributed by atoms with van der Waals surface area (Å²) in [6.45, 7) is 2.74. The van der Waals surface area contributed by atoms with Crippen LogP contribution in [0.1, 0.15) is 44.9 Å². The fourth-order valence-corrected chi connectivity index (χ4v) is 2.68. The number of likely N-dealkylation sites (N-methyl/N-ethyl adjacent to an activating group) is 1. The van der Waals surface area contributed by atoms with Gasteiger partial charge in [0, 0.05) is 25.4 Å². The van der Waals surface area contributed by atoms with Crippen LogP contribution < -0.4 is 0 Å². The summed E-state index contributed by atoms with van der Waals surface area (Å²) in [6, 6.07) is 0. The summed E-state index contributed by atoms with van der Waals surface area (Å²) in [5.74, 6) is 0.911. The van der Waals surface area contributed by atoms with Crippen LogP contribution in [0.5, 0.6) is 0 Å². The van der Waals surface area contributed by atoms with E-state index in [9.17, 15) is 4.79 Å². The second-order valence-electron chi connectivity index (χ2n) is 5.45.